The van der Waals surface area contributed by atoms with E-state index in [-0.39, 0.29) is 24.0 Å². The van der Waals surface area contributed by atoms with Crippen LogP contribution in [-0.2, 0) is 6.54 Å². The van der Waals surface area contributed by atoms with E-state index >= 15 is 0 Å². The number of para-hydroxylation sites is 1. The van der Waals surface area contributed by atoms with Gasteiger partial charge in [-0.2, -0.15) is 0 Å². The summed E-state index contributed by atoms with van der Waals surface area (Å²) >= 11 is 0. The summed E-state index contributed by atoms with van der Waals surface area (Å²) in [5, 5.41) is 10.1. The molecule has 0 aliphatic heterocycles. The van der Waals surface area contributed by atoms with E-state index in [1.807, 2.05) is 36.4 Å². The van der Waals surface area contributed by atoms with Crippen molar-refractivity contribution in [2.24, 2.45) is 4.99 Å². The van der Waals surface area contributed by atoms with E-state index in [9.17, 15) is 0 Å². The normalized spacial score (nSPS) is 10.6. The molecule has 2 rings (SSSR count). The molecule has 0 aromatic heterocycles. The second-order valence-electron chi connectivity index (χ2n) is 5.96. The highest BCUT2D eigenvalue weighted by atomic mass is 127. The van der Waals surface area contributed by atoms with Crippen LogP contribution in [0.1, 0.15) is 18.9 Å². The Morgan fingerprint density at radius 3 is 2.36 bits per heavy atom. The van der Waals surface area contributed by atoms with Gasteiger partial charge in [0.1, 0.15) is 0 Å². The van der Waals surface area contributed by atoms with Crippen molar-refractivity contribution in [1.82, 2.24) is 10.6 Å². The van der Waals surface area contributed by atoms with E-state index in [1.165, 1.54) is 0 Å². The number of aliphatic imine (C=N–C) groups is 1. The van der Waals surface area contributed by atoms with Crippen molar-refractivity contribution < 1.29 is 9.47 Å². The third-order valence-corrected chi connectivity index (χ3v) is 3.96. The highest BCUT2D eigenvalue weighted by Gasteiger charge is 2.04. The second-order valence-corrected chi connectivity index (χ2v) is 5.96. The average molecular weight is 498 g/mol. The Labute approximate surface area is 185 Å². The van der Waals surface area contributed by atoms with Crippen LogP contribution in [0.4, 0.5) is 5.69 Å². The standard InChI is InChI=1S/C21H30N4O2.HI/c1-4-22-21(24-14-8-13-23-18-9-6-5-7-10-18)25-16-17-11-12-19(26-2)20(15-17)27-3;/h5-7,9-12,15,23H,4,8,13-14,16H2,1-3H3,(H2,22,24,25);1H. The molecule has 154 valence electrons. The Bertz CT molecular complexity index is 711. The van der Waals surface area contributed by atoms with Gasteiger partial charge in [-0.1, -0.05) is 24.3 Å². The number of halogens is 1. The van der Waals surface area contributed by atoms with Crippen LogP contribution in [0.5, 0.6) is 11.5 Å². The summed E-state index contributed by atoms with van der Waals surface area (Å²) < 4.78 is 10.6. The molecule has 3 N–H and O–H groups in total. The van der Waals surface area contributed by atoms with E-state index < -0.39 is 0 Å². The van der Waals surface area contributed by atoms with Crippen LogP contribution < -0.4 is 25.4 Å². The lowest BCUT2D eigenvalue weighted by Crippen LogP contribution is -2.38. The maximum atomic E-state index is 5.35. The molecule has 0 aliphatic rings. The van der Waals surface area contributed by atoms with Gasteiger partial charge in [-0.25, -0.2) is 4.99 Å². The summed E-state index contributed by atoms with van der Waals surface area (Å²) in [4.78, 5) is 4.65. The van der Waals surface area contributed by atoms with Crippen LogP contribution in [0.3, 0.4) is 0 Å². The second kappa shape index (κ2) is 13.9. The van der Waals surface area contributed by atoms with Gasteiger partial charge >= 0.3 is 0 Å². The number of guanidine groups is 1. The van der Waals surface area contributed by atoms with E-state index in [0.29, 0.717) is 6.54 Å². The Balaban J connectivity index is 0.00000392. The summed E-state index contributed by atoms with van der Waals surface area (Å²) in [6.45, 7) is 5.20. The predicted molar refractivity (Wildman–Crippen MR) is 127 cm³/mol. The smallest absolute Gasteiger partial charge is 0.191 e. The zero-order chi connectivity index (χ0) is 19.3. The fourth-order valence-electron chi connectivity index (χ4n) is 2.57. The lowest BCUT2D eigenvalue weighted by atomic mass is 10.2. The van der Waals surface area contributed by atoms with Crippen molar-refractivity contribution in [3.8, 4) is 11.5 Å². The number of hydrogen-bond acceptors (Lipinski definition) is 4. The molecule has 0 heterocycles. The molecule has 0 bridgehead atoms. The molecule has 0 atom stereocenters. The summed E-state index contributed by atoms with van der Waals surface area (Å²) in [7, 11) is 3.27. The highest BCUT2D eigenvalue weighted by molar-refractivity contribution is 14.0. The minimum Gasteiger partial charge on any atom is -0.493 e. The number of anilines is 1. The van der Waals surface area contributed by atoms with Crippen molar-refractivity contribution >= 4 is 35.6 Å². The molecule has 0 aliphatic carbocycles. The van der Waals surface area contributed by atoms with Crippen molar-refractivity contribution in [1.29, 1.82) is 0 Å². The van der Waals surface area contributed by atoms with Crippen LogP contribution in [0, 0.1) is 0 Å². The van der Waals surface area contributed by atoms with Gasteiger partial charge in [0, 0.05) is 25.3 Å². The van der Waals surface area contributed by atoms with Crippen LogP contribution in [-0.4, -0.2) is 39.8 Å². The van der Waals surface area contributed by atoms with Gasteiger partial charge in [-0.15, -0.1) is 24.0 Å². The number of rotatable bonds is 10. The van der Waals surface area contributed by atoms with Crippen LogP contribution >= 0.6 is 24.0 Å². The fraction of sp³-hybridized carbons (Fsp3) is 0.381. The van der Waals surface area contributed by atoms with Gasteiger partial charge in [0.2, 0.25) is 0 Å². The fourth-order valence-corrected chi connectivity index (χ4v) is 2.57. The van der Waals surface area contributed by atoms with Crippen LogP contribution in [0.2, 0.25) is 0 Å². The van der Waals surface area contributed by atoms with Gasteiger partial charge in [0.05, 0.1) is 20.8 Å². The summed E-state index contributed by atoms with van der Waals surface area (Å²) in [5.74, 6) is 2.25. The molecule has 2 aromatic rings. The molecular weight excluding hydrogens is 467 g/mol. The van der Waals surface area contributed by atoms with Crippen LogP contribution in [0.25, 0.3) is 0 Å². The first-order valence-electron chi connectivity index (χ1n) is 9.28. The average Bonchev–Trinajstić information content (AvgIpc) is 2.72. The molecule has 0 unspecified atom stereocenters. The van der Waals surface area contributed by atoms with Crippen LogP contribution in [0.15, 0.2) is 53.5 Å². The maximum absolute atomic E-state index is 5.35. The number of ether oxygens (including phenoxy) is 2. The lowest BCUT2D eigenvalue weighted by molar-refractivity contribution is 0.354. The first kappa shape index (κ1) is 23.9. The van der Waals surface area contributed by atoms with Gasteiger partial charge in [-0.05, 0) is 43.2 Å². The topological polar surface area (TPSA) is 66.9 Å². The quantitative estimate of drug-likeness (QED) is 0.201. The Morgan fingerprint density at radius 2 is 1.68 bits per heavy atom. The molecule has 0 saturated carbocycles. The third kappa shape index (κ3) is 8.24. The Hall–Kier alpha value is -2.16. The zero-order valence-corrected chi connectivity index (χ0v) is 19.2. The van der Waals surface area contributed by atoms with E-state index in [1.54, 1.807) is 14.2 Å². The third-order valence-electron chi connectivity index (χ3n) is 3.96. The van der Waals surface area contributed by atoms with Crippen molar-refractivity contribution in [2.45, 2.75) is 19.9 Å². The number of benzene rings is 2. The molecule has 7 heteroatoms. The minimum atomic E-state index is 0. The number of nitrogens with zero attached hydrogens (tertiary/aromatic N) is 1. The molecule has 6 nitrogen and oxygen atoms in total. The van der Waals surface area contributed by atoms with Gasteiger partial charge in [0.15, 0.2) is 17.5 Å². The molecule has 28 heavy (non-hydrogen) atoms. The lowest BCUT2D eigenvalue weighted by Gasteiger charge is -2.12. The number of methoxy groups -OCH3 is 2. The maximum Gasteiger partial charge on any atom is 0.191 e. The minimum absolute atomic E-state index is 0. The first-order chi connectivity index (χ1) is 13.3. The molecule has 0 fully saturated rings. The molecule has 0 spiro atoms. The molecular formula is C21H31IN4O2. The summed E-state index contributed by atoms with van der Waals surface area (Å²) in [5.41, 5.74) is 2.21. The molecule has 0 saturated heterocycles. The predicted octanol–water partition coefficient (Wildman–Crippen LogP) is 3.88. The Kier molecular flexibility index (Phi) is 11.9. The van der Waals surface area contributed by atoms with E-state index in [2.05, 4.69) is 40.0 Å². The van der Waals surface area contributed by atoms with Crippen molar-refractivity contribution in [2.75, 3.05) is 39.2 Å². The van der Waals surface area contributed by atoms with E-state index in [0.717, 1.165) is 54.8 Å². The number of nitrogens with one attached hydrogen (secondary N) is 3. The monoisotopic (exact) mass is 498 g/mol. The van der Waals surface area contributed by atoms with E-state index in [4.69, 9.17) is 9.47 Å². The van der Waals surface area contributed by atoms with Gasteiger partial charge in [0.25, 0.3) is 0 Å². The number of hydrogen-bond donors (Lipinski definition) is 3. The van der Waals surface area contributed by atoms with Gasteiger partial charge in [-0.3, -0.25) is 0 Å². The largest absolute Gasteiger partial charge is 0.493 e. The molecule has 0 amide bonds. The summed E-state index contributed by atoms with van der Waals surface area (Å²) in [6, 6.07) is 16.1. The first-order valence-corrected chi connectivity index (χ1v) is 9.28. The molecule has 2 aromatic carbocycles. The van der Waals surface area contributed by atoms with Crippen molar-refractivity contribution in [3.63, 3.8) is 0 Å². The molecule has 0 radical (unpaired) electrons. The SMILES string of the molecule is CCNC(=NCc1ccc(OC)c(OC)c1)NCCCNc1ccccc1.I. The summed E-state index contributed by atoms with van der Waals surface area (Å²) in [6.07, 6.45) is 0.996. The highest BCUT2D eigenvalue weighted by Crippen LogP contribution is 2.27. The Morgan fingerprint density at radius 1 is 0.929 bits per heavy atom. The van der Waals surface area contributed by atoms with Crippen molar-refractivity contribution in [3.05, 3.63) is 54.1 Å². The zero-order valence-electron chi connectivity index (χ0n) is 16.8. The van der Waals surface area contributed by atoms with Gasteiger partial charge < -0.3 is 25.4 Å².